The summed E-state index contributed by atoms with van der Waals surface area (Å²) in [6, 6.07) is 5.03. The third-order valence-electron chi connectivity index (χ3n) is 4.19. The topological polar surface area (TPSA) is 119 Å². The summed E-state index contributed by atoms with van der Waals surface area (Å²) in [6.07, 6.45) is 0.912. The van der Waals surface area contributed by atoms with Gasteiger partial charge in [-0.05, 0) is 62.3 Å². The van der Waals surface area contributed by atoms with Gasteiger partial charge < -0.3 is 15.5 Å². The minimum Gasteiger partial charge on any atom is -0.396 e. The molecule has 0 saturated heterocycles. The smallest absolute Gasteiger partial charge is 0.268 e. The standard InChI is InChI=1S/C20H22N2O5/c1-20(2,26)17(19(25)22-27)21-18(24)14-9-7-13(8-10-14)5-3-4-6-15-11-16(15)12-23/h7-10,15-17,23,26-27H,11-12H2,1-2H3,(H,21,24)(H,22,25)/t15?,16?,17-/m1/s1. The van der Waals surface area contributed by atoms with Crippen molar-refractivity contribution >= 4 is 11.8 Å². The summed E-state index contributed by atoms with van der Waals surface area (Å²) in [5.74, 6) is 10.4. The van der Waals surface area contributed by atoms with E-state index in [-0.39, 0.29) is 24.0 Å². The Morgan fingerprint density at radius 3 is 2.44 bits per heavy atom. The SMILES string of the molecule is CC(C)(O)[C@H](NC(=O)c1ccc(C#CC#CC2CC2CO)cc1)C(=O)NO. The fourth-order valence-electron chi connectivity index (χ4n) is 2.41. The minimum atomic E-state index is -1.57. The highest BCUT2D eigenvalue weighted by Crippen LogP contribution is 2.36. The highest BCUT2D eigenvalue weighted by atomic mass is 16.5. The number of aliphatic hydroxyl groups excluding tert-OH is 1. The molecule has 0 aliphatic heterocycles. The van der Waals surface area contributed by atoms with E-state index in [9.17, 15) is 14.7 Å². The molecule has 3 atom stereocenters. The van der Waals surface area contributed by atoms with Crippen LogP contribution in [0.4, 0.5) is 0 Å². The molecule has 1 aliphatic rings. The molecule has 0 heterocycles. The minimum absolute atomic E-state index is 0.157. The lowest BCUT2D eigenvalue weighted by molar-refractivity contribution is -0.136. The lowest BCUT2D eigenvalue weighted by Gasteiger charge is -2.28. The van der Waals surface area contributed by atoms with Crippen LogP contribution in [0, 0.1) is 35.5 Å². The number of amides is 2. The second-order valence-corrected chi connectivity index (χ2v) is 6.92. The molecular weight excluding hydrogens is 348 g/mol. The summed E-state index contributed by atoms with van der Waals surface area (Å²) < 4.78 is 0. The summed E-state index contributed by atoms with van der Waals surface area (Å²) in [5.41, 5.74) is 0.802. The maximum Gasteiger partial charge on any atom is 0.268 e. The first-order chi connectivity index (χ1) is 12.8. The normalized spacial score (nSPS) is 18.9. The van der Waals surface area contributed by atoms with Crippen LogP contribution in [-0.2, 0) is 4.79 Å². The number of hydrogen-bond donors (Lipinski definition) is 5. The maximum absolute atomic E-state index is 12.3. The molecular formula is C20H22N2O5. The first kappa shape index (κ1) is 20.5. The van der Waals surface area contributed by atoms with Crippen molar-refractivity contribution in [3.63, 3.8) is 0 Å². The average Bonchev–Trinajstić information content (AvgIpc) is 3.40. The van der Waals surface area contributed by atoms with Crippen molar-refractivity contribution in [2.24, 2.45) is 11.8 Å². The molecule has 0 radical (unpaired) electrons. The molecule has 1 fully saturated rings. The Balaban J connectivity index is 2.00. The van der Waals surface area contributed by atoms with Gasteiger partial charge in [0, 0.05) is 23.7 Å². The zero-order valence-electron chi connectivity index (χ0n) is 15.1. The molecule has 0 spiro atoms. The molecule has 27 heavy (non-hydrogen) atoms. The monoisotopic (exact) mass is 370 g/mol. The van der Waals surface area contributed by atoms with Crippen LogP contribution in [0.15, 0.2) is 24.3 Å². The summed E-state index contributed by atoms with van der Waals surface area (Å²) in [6.45, 7) is 2.85. The summed E-state index contributed by atoms with van der Waals surface area (Å²) >= 11 is 0. The Kier molecular flexibility index (Phi) is 6.59. The van der Waals surface area contributed by atoms with Gasteiger partial charge in [0.15, 0.2) is 0 Å². The Morgan fingerprint density at radius 2 is 1.93 bits per heavy atom. The number of carbonyl (C=O) groups excluding carboxylic acids is 2. The van der Waals surface area contributed by atoms with Gasteiger partial charge in [-0.25, -0.2) is 5.48 Å². The Morgan fingerprint density at radius 1 is 1.26 bits per heavy atom. The van der Waals surface area contributed by atoms with Crippen LogP contribution in [0.25, 0.3) is 0 Å². The number of nitrogens with one attached hydrogen (secondary N) is 2. The van der Waals surface area contributed by atoms with Gasteiger partial charge in [0.1, 0.15) is 6.04 Å². The Bertz CT molecular complexity index is 818. The first-order valence-corrected chi connectivity index (χ1v) is 8.46. The van der Waals surface area contributed by atoms with Gasteiger partial charge in [0.05, 0.1) is 5.60 Å². The van der Waals surface area contributed by atoms with Crippen molar-refractivity contribution in [1.29, 1.82) is 0 Å². The lowest BCUT2D eigenvalue weighted by atomic mass is 9.97. The number of benzene rings is 1. The molecule has 1 aromatic rings. The molecule has 7 heteroatoms. The predicted molar refractivity (Wildman–Crippen MR) is 97.3 cm³/mol. The van der Waals surface area contributed by atoms with Gasteiger partial charge in [-0.1, -0.05) is 11.8 Å². The van der Waals surface area contributed by atoms with E-state index in [0.29, 0.717) is 5.56 Å². The number of hydroxylamine groups is 1. The van der Waals surface area contributed by atoms with E-state index in [1.54, 1.807) is 12.1 Å². The molecule has 0 bridgehead atoms. The molecule has 1 saturated carbocycles. The molecule has 1 aliphatic carbocycles. The van der Waals surface area contributed by atoms with Crippen LogP contribution in [0.1, 0.15) is 36.2 Å². The van der Waals surface area contributed by atoms with Crippen molar-refractivity contribution in [1.82, 2.24) is 10.8 Å². The van der Waals surface area contributed by atoms with Gasteiger partial charge in [-0.2, -0.15) is 0 Å². The molecule has 7 nitrogen and oxygen atoms in total. The molecule has 2 unspecified atom stereocenters. The van der Waals surface area contributed by atoms with E-state index in [0.717, 1.165) is 6.42 Å². The van der Waals surface area contributed by atoms with E-state index >= 15 is 0 Å². The zero-order valence-corrected chi connectivity index (χ0v) is 15.1. The Hall–Kier alpha value is -2.84. The second kappa shape index (κ2) is 8.70. The number of aliphatic hydroxyl groups is 2. The van der Waals surface area contributed by atoms with Crippen molar-refractivity contribution in [3.05, 3.63) is 35.4 Å². The largest absolute Gasteiger partial charge is 0.396 e. The molecule has 142 valence electrons. The quantitative estimate of drug-likeness (QED) is 0.285. The van der Waals surface area contributed by atoms with E-state index in [2.05, 4.69) is 29.0 Å². The Labute approximate surface area is 157 Å². The van der Waals surface area contributed by atoms with E-state index in [1.165, 1.54) is 31.5 Å². The van der Waals surface area contributed by atoms with Crippen LogP contribution in [0.5, 0.6) is 0 Å². The molecule has 0 aromatic heterocycles. The van der Waals surface area contributed by atoms with Crippen molar-refractivity contribution < 1.29 is 25.0 Å². The fraction of sp³-hybridized carbons (Fsp3) is 0.400. The fourth-order valence-corrected chi connectivity index (χ4v) is 2.41. The van der Waals surface area contributed by atoms with Crippen molar-refractivity contribution in [3.8, 4) is 23.7 Å². The van der Waals surface area contributed by atoms with Crippen LogP contribution >= 0.6 is 0 Å². The second-order valence-electron chi connectivity index (χ2n) is 6.92. The summed E-state index contributed by atoms with van der Waals surface area (Å²) in [7, 11) is 0. The lowest BCUT2D eigenvalue weighted by Crippen LogP contribution is -2.57. The highest BCUT2D eigenvalue weighted by molar-refractivity contribution is 5.97. The van der Waals surface area contributed by atoms with Gasteiger partial charge in [-0.15, -0.1) is 0 Å². The van der Waals surface area contributed by atoms with E-state index in [4.69, 9.17) is 10.3 Å². The average molecular weight is 370 g/mol. The van der Waals surface area contributed by atoms with Crippen molar-refractivity contribution in [2.45, 2.75) is 31.9 Å². The number of carbonyl (C=O) groups is 2. The summed E-state index contributed by atoms with van der Waals surface area (Å²) in [5, 5.41) is 30.1. The third kappa shape index (κ3) is 5.83. The predicted octanol–water partition coefficient (Wildman–Crippen LogP) is 0.0446. The molecule has 1 aromatic carbocycles. The van der Waals surface area contributed by atoms with Gasteiger partial charge in [0.25, 0.3) is 11.8 Å². The van der Waals surface area contributed by atoms with Crippen LogP contribution in [-0.4, -0.2) is 45.5 Å². The molecule has 5 N–H and O–H groups in total. The molecule has 2 rings (SSSR count). The van der Waals surface area contributed by atoms with Crippen LogP contribution in [0.2, 0.25) is 0 Å². The van der Waals surface area contributed by atoms with E-state index < -0.39 is 23.5 Å². The van der Waals surface area contributed by atoms with Crippen LogP contribution in [0.3, 0.4) is 0 Å². The summed E-state index contributed by atoms with van der Waals surface area (Å²) in [4.78, 5) is 23.9. The zero-order chi connectivity index (χ0) is 20.0. The molecule has 2 amide bonds. The van der Waals surface area contributed by atoms with E-state index in [1.807, 2.05) is 0 Å². The maximum atomic E-state index is 12.3. The first-order valence-electron chi connectivity index (χ1n) is 8.46. The van der Waals surface area contributed by atoms with Crippen molar-refractivity contribution in [2.75, 3.05) is 6.61 Å². The highest BCUT2D eigenvalue weighted by Gasteiger charge is 2.35. The van der Waals surface area contributed by atoms with Gasteiger partial charge in [-0.3, -0.25) is 14.8 Å². The van der Waals surface area contributed by atoms with Crippen LogP contribution < -0.4 is 10.8 Å². The van der Waals surface area contributed by atoms with Gasteiger partial charge in [0.2, 0.25) is 0 Å². The number of rotatable bonds is 5. The number of hydrogen-bond acceptors (Lipinski definition) is 5. The van der Waals surface area contributed by atoms with Gasteiger partial charge >= 0.3 is 0 Å². The third-order valence-corrected chi connectivity index (χ3v) is 4.19.